The van der Waals surface area contributed by atoms with Crippen molar-refractivity contribution in [3.8, 4) is 0 Å². The molecule has 142 valence electrons. The normalized spacial score (nSPS) is 20.8. The molecule has 1 saturated heterocycles. The van der Waals surface area contributed by atoms with Crippen molar-refractivity contribution in [2.45, 2.75) is 37.8 Å². The quantitative estimate of drug-likeness (QED) is 0.793. The number of benzene rings is 1. The Bertz CT molecular complexity index is 690. The van der Waals surface area contributed by atoms with E-state index in [1.54, 1.807) is 0 Å². The monoisotopic (exact) mass is 396 g/mol. The summed E-state index contributed by atoms with van der Waals surface area (Å²) in [5.41, 5.74) is 1.21. The number of rotatable bonds is 4. The maximum Gasteiger partial charge on any atom is 0.173 e. The lowest BCUT2D eigenvalue weighted by atomic mass is 10.0. The Morgan fingerprint density at radius 3 is 2.35 bits per heavy atom. The number of hydrogen-bond donors (Lipinski definition) is 0. The minimum atomic E-state index is 0. The molecule has 1 atom stereocenters. The largest absolute Gasteiger partial charge is 0.304 e. The lowest BCUT2D eigenvalue weighted by Gasteiger charge is -2.37. The van der Waals surface area contributed by atoms with Crippen LogP contribution < -0.4 is 0 Å². The average Bonchev–Trinajstić information content (AvgIpc) is 3.30. The van der Waals surface area contributed by atoms with Crippen LogP contribution in [0.3, 0.4) is 0 Å². The van der Waals surface area contributed by atoms with E-state index < -0.39 is 0 Å². The second-order valence-electron chi connectivity index (χ2n) is 7.21. The SMILES string of the molecule is CN1CCN(C(c2ccc(Cl)cc2)c2nnnn2C2CCCC2)CC1.Cl. The summed E-state index contributed by atoms with van der Waals surface area (Å²) in [5, 5.41) is 13.6. The Balaban J connectivity index is 0.00000196. The highest BCUT2D eigenvalue weighted by Crippen LogP contribution is 2.34. The molecule has 1 aromatic heterocycles. The van der Waals surface area contributed by atoms with Crippen molar-refractivity contribution in [1.29, 1.82) is 0 Å². The highest BCUT2D eigenvalue weighted by molar-refractivity contribution is 6.30. The minimum absolute atomic E-state index is 0. The van der Waals surface area contributed by atoms with E-state index in [1.165, 1.54) is 31.2 Å². The second-order valence-corrected chi connectivity index (χ2v) is 7.65. The van der Waals surface area contributed by atoms with Crippen LogP contribution in [-0.2, 0) is 0 Å². The summed E-state index contributed by atoms with van der Waals surface area (Å²) in [4.78, 5) is 4.87. The van der Waals surface area contributed by atoms with Gasteiger partial charge in [-0.15, -0.1) is 17.5 Å². The molecule has 2 aromatic rings. The van der Waals surface area contributed by atoms with Gasteiger partial charge in [0.05, 0.1) is 12.1 Å². The van der Waals surface area contributed by atoms with E-state index in [9.17, 15) is 0 Å². The third-order valence-corrected chi connectivity index (χ3v) is 5.77. The molecule has 0 amide bonds. The predicted molar refractivity (Wildman–Crippen MR) is 105 cm³/mol. The molecule has 0 spiro atoms. The van der Waals surface area contributed by atoms with Crippen molar-refractivity contribution in [3.63, 3.8) is 0 Å². The Kier molecular flexibility index (Phi) is 6.51. The molecule has 2 heterocycles. The lowest BCUT2D eigenvalue weighted by Crippen LogP contribution is -2.46. The Morgan fingerprint density at radius 2 is 1.69 bits per heavy atom. The van der Waals surface area contributed by atoms with E-state index in [2.05, 4.69) is 49.2 Å². The molecule has 26 heavy (non-hydrogen) atoms. The second kappa shape index (κ2) is 8.65. The lowest BCUT2D eigenvalue weighted by molar-refractivity contribution is 0.120. The number of tetrazole rings is 1. The molecule has 8 heteroatoms. The maximum absolute atomic E-state index is 6.12. The highest BCUT2D eigenvalue weighted by atomic mass is 35.5. The molecule has 0 bridgehead atoms. The molecule has 1 aliphatic carbocycles. The van der Waals surface area contributed by atoms with Gasteiger partial charge in [-0.25, -0.2) is 4.68 Å². The van der Waals surface area contributed by atoms with Gasteiger partial charge in [-0.05, 0) is 48.0 Å². The third kappa shape index (κ3) is 4.03. The molecule has 2 fully saturated rings. The molecule has 1 unspecified atom stereocenters. The van der Waals surface area contributed by atoms with Crippen LogP contribution in [0.4, 0.5) is 0 Å². The van der Waals surface area contributed by atoms with Crippen LogP contribution >= 0.6 is 24.0 Å². The summed E-state index contributed by atoms with van der Waals surface area (Å²) < 4.78 is 2.09. The molecule has 2 aliphatic rings. The van der Waals surface area contributed by atoms with Crippen LogP contribution in [0, 0.1) is 0 Å². The summed E-state index contributed by atoms with van der Waals surface area (Å²) in [6.45, 7) is 4.16. The van der Waals surface area contributed by atoms with Gasteiger partial charge in [-0.2, -0.15) is 0 Å². The van der Waals surface area contributed by atoms with E-state index in [0.29, 0.717) is 6.04 Å². The Morgan fingerprint density at radius 1 is 1.04 bits per heavy atom. The van der Waals surface area contributed by atoms with Crippen molar-refractivity contribution in [1.82, 2.24) is 30.0 Å². The van der Waals surface area contributed by atoms with E-state index in [0.717, 1.165) is 37.0 Å². The van der Waals surface area contributed by atoms with Crippen LogP contribution in [-0.4, -0.2) is 63.2 Å². The van der Waals surface area contributed by atoms with Crippen LogP contribution in [0.1, 0.15) is 49.2 Å². The fourth-order valence-electron chi connectivity index (χ4n) is 4.04. The average molecular weight is 397 g/mol. The zero-order chi connectivity index (χ0) is 17.2. The fourth-order valence-corrected chi connectivity index (χ4v) is 4.16. The van der Waals surface area contributed by atoms with Crippen molar-refractivity contribution in [2.75, 3.05) is 33.2 Å². The number of aromatic nitrogens is 4. The standard InChI is InChI=1S/C18H25ClN6.ClH/c1-23-10-12-24(13-11-23)17(14-6-8-15(19)9-7-14)18-20-21-22-25(18)16-4-2-3-5-16;/h6-9,16-17H,2-5,10-13H2,1H3;1H. The molecule has 0 N–H and O–H groups in total. The van der Waals surface area contributed by atoms with Crippen LogP contribution in [0.25, 0.3) is 0 Å². The van der Waals surface area contributed by atoms with Gasteiger partial charge in [-0.3, -0.25) is 4.90 Å². The molecule has 1 saturated carbocycles. The molecular weight excluding hydrogens is 371 g/mol. The molecule has 0 radical (unpaired) electrons. The first-order chi connectivity index (χ1) is 12.2. The van der Waals surface area contributed by atoms with E-state index >= 15 is 0 Å². The molecule has 1 aromatic carbocycles. The highest BCUT2D eigenvalue weighted by Gasteiger charge is 2.32. The van der Waals surface area contributed by atoms with Crippen molar-refractivity contribution >= 4 is 24.0 Å². The minimum Gasteiger partial charge on any atom is -0.304 e. The van der Waals surface area contributed by atoms with Gasteiger partial charge in [-0.1, -0.05) is 36.6 Å². The first kappa shape index (κ1) is 19.5. The predicted octanol–water partition coefficient (Wildman–Crippen LogP) is 3.20. The van der Waals surface area contributed by atoms with Gasteiger partial charge in [0, 0.05) is 31.2 Å². The fraction of sp³-hybridized carbons (Fsp3) is 0.611. The number of piperazine rings is 1. The van der Waals surface area contributed by atoms with Crippen LogP contribution in [0.15, 0.2) is 24.3 Å². The van der Waals surface area contributed by atoms with Gasteiger partial charge < -0.3 is 4.90 Å². The first-order valence-corrected chi connectivity index (χ1v) is 9.56. The summed E-state index contributed by atoms with van der Waals surface area (Å²) in [6.07, 6.45) is 4.89. The summed E-state index contributed by atoms with van der Waals surface area (Å²) in [6, 6.07) is 8.67. The molecule has 4 rings (SSSR count). The Hall–Kier alpha value is -1.21. The van der Waals surface area contributed by atoms with E-state index in [-0.39, 0.29) is 18.4 Å². The smallest absolute Gasteiger partial charge is 0.173 e. The van der Waals surface area contributed by atoms with Gasteiger partial charge in [0.1, 0.15) is 0 Å². The van der Waals surface area contributed by atoms with Crippen LogP contribution in [0.5, 0.6) is 0 Å². The molecule has 1 aliphatic heterocycles. The van der Waals surface area contributed by atoms with Crippen molar-refractivity contribution < 1.29 is 0 Å². The number of halogens is 2. The Labute approximate surface area is 165 Å². The number of likely N-dealkylation sites (N-methyl/N-ethyl adjacent to an activating group) is 1. The first-order valence-electron chi connectivity index (χ1n) is 9.18. The van der Waals surface area contributed by atoms with Crippen LogP contribution in [0.2, 0.25) is 5.02 Å². The zero-order valence-electron chi connectivity index (χ0n) is 15.1. The van der Waals surface area contributed by atoms with Gasteiger partial charge in [0.25, 0.3) is 0 Å². The van der Waals surface area contributed by atoms with Crippen molar-refractivity contribution in [2.24, 2.45) is 0 Å². The number of hydrogen-bond acceptors (Lipinski definition) is 5. The van der Waals surface area contributed by atoms with E-state index in [1.807, 2.05) is 12.1 Å². The summed E-state index contributed by atoms with van der Waals surface area (Å²) in [7, 11) is 2.18. The van der Waals surface area contributed by atoms with Gasteiger partial charge in [0.2, 0.25) is 0 Å². The molecular formula is C18H26Cl2N6. The number of nitrogens with zero attached hydrogens (tertiary/aromatic N) is 6. The maximum atomic E-state index is 6.12. The van der Waals surface area contributed by atoms with Gasteiger partial charge >= 0.3 is 0 Å². The van der Waals surface area contributed by atoms with Crippen molar-refractivity contribution in [3.05, 3.63) is 40.7 Å². The topological polar surface area (TPSA) is 50.1 Å². The zero-order valence-corrected chi connectivity index (χ0v) is 16.7. The molecule has 6 nitrogen and oxygen atoms in total. The van der Waals surface area contributed by atoms with Gasteiger partial charge in [0.15, 0.2) is 5.82 Å². The van der Waals surface area contributed by atoms with E-state index in [4.69, 9.17) is 11.6 Å². The third-order valence-electron chi connectivity index (χ3n) is 5.52. The summed E-state index contributed by atoms with van der Waals surface area (Å²) in [5.74, 6) is 0.971. The summed E-state index contributed by atoms with van der Waals surface area (Å²) >= 11 is 6.12.